The molecule has 1 unspecified atom stereocenters. The highest BCUT2D eigenvalue weighted by molar-refractivity contribution is 5.85. The maximum Gasteiger partial charge on any atom is 0.246 e. The van der Waals surface area contributed by atoms with Crippen LogP contribution >= 0.6 is 0 Å². The molecule has 0 saturated carbocycles. The third-order valence-electron chi connectivity index (χ3n) is 3.63. The minimum Gasteiger partial charge on any atom is -0.357 e. The van der Waals surface area contributed by atoms with Crippen molar-refractivity contribution in [2.45, 2.75) is 13.0 Å². The third kappa shape index (κ3) is 2.75. The standard InChI is InChI=1S/C15H20N4O/c1-11-8-13(5-4-12(11)9-16)19-7-6-17-10-14(19)15(20)18(2)3/h4-5,8,14,17H,6-7,10H2,1-3H3. The molecule has 1 N–H and O–H groups in total. The van der Waals surface area contributed by atoms with E-state index in [0.717, 1.165) is 24.3 Å². The molecular weight excluding hydrogens is 252 g/mol. The molecule has 0 aromatic heterocycles. The number of nitrogens with zero attached hydrogens (tertiary/aromatic N) is 3. The van der Waals surface area contributed by atoms with Crippen LogP contribution in [0.5, 0.6) is 0 Å². The van der Waals surface area contributed by atoms with Crippen molar-refractivity contribution in [2.75, 3.05) is 38.6 Å². The fourth-order valence-electron chi connectivity index (χ4n) is 2.48. The van der Waals surface area contributed by atoms with Crippen LogP contribution in [0, 0.1) is 18.3 Å². The molecule has 1 atom stereocenters. The van der Waals surface area contributed by atoms with Gasteiger partial charge in [0.2, 0.25) is 5.91 Å². The van der Waals surface area contributed by atoms with Gasteiger partial charge in [-0.15, -0.1) is 0 Å². The molecule has 20 heavy (non-hydrogen) atoms. The summed E-state index contributed by atoms with van der Waals surface area (Å²) in [5.74, 6) is 0.0965. The van der Waals surface area contributed by atoms with Crippen molar-refractivity contribution in [1.82, 2.24) is 10.2 Å². The summed E-state index contributed by atoms with van der Waals surface area (Å²) in [7, 11) is 3.55. The zero-order chi connectivity index (χ0) is 14.7. The summed E-state index contributed by atoms with van der Waals surface area (Å²) in [6, 6.07) is 7.72. The van der Waals surface area contributed by atoms with Gasteiger partial charge in [-0.05, 0) is 30.7 Å². The lowest BCUT2D eigenvalue weighted by Crippen LogP contribution is -2.57. The van der Waals surface area contributed by atoms with E-state index in [1.807, 2.05) is 25.1 Å². The van der Waals surface area contributed by atoms with Gasteiger partial charge in [0.15, 0.2) is 0 Å². The van der Waals surface area contributed by atoms with Gasteiger partial charge in [0.1, 0.15) is 6.04 Å². The average Bonchev–Trinajstić information content (AvgIpc) is 2.46. The van der Waals surface area contributed by atoms with E-state index in [1.165, 1.54) is 0 Å². The second-order valence-corrected chi connectivity index (χ2v) is 5.26. The molecule has 1 aliphatic heterocycles. The quantitative estimate of drug-likeness (QED) is 0.862. The van der Waals surface area contributed by atoms with E-state index in [0.29, 0.717) is 12.1 Å². The van der Waals surface area contributed by atoms with Gasteiger partial charge in [0.25, 0.3) is 0 Å². The smallest absolute Gasteiger partial charge is 0.246 e. The molecule has 0 radical (unpaired) electrons. The van der Waals surface area contributed by atoms with Crippen LogP contribution in [0.2, 0.25) is 0 Å². The summed E-state index contributed by atoms with van der Waals surface area (Å²) in [4.78, 5) is 16.0. The molecule has 2 rings (SSSR count). The molecule has 1 fully saturated rings. The number of amides is 1. The summed E-state index contributed by atoms with van der Waals surface area (Å²) >= 11 is 0. The Hall–Kier alpha value is -2.06. The Balaban J connectivity index is 2.31. The van der Waals surface area contributed by atoms with Gasteiger partial charge in [-0.25, -0.2) is 0 Å². The maximum absolute atomic E-state index is 12.3. The summed E-state index contributed by atoms with van der Waals surface area (Å²) < 4.78 is 0. The molecule has 0 aliphatic carbocycles. The van der Waals surface area contributed by atoms with Crippen LogP contribution in [0.4, 0.5) is 5.69 Å². The number of nitriles is 1. The van der Waals surface area contributed by atoms with Crippen LogP contribution < -0.4 is 10.2 Å². The number of hydrogen-bond donors (Lipinski definition) is 1. The van der Waals surface area contributed by atoms with Crippen LogP contribution in [-0.2, 0) is 4.79 Å². The highest BCUT2D eigenvalue weighted by Crippen LogP contribution is 2.22. The highest BCUT2D eigenvalue weighted by atomic mass is 16.2. The summed E-state index contributed by atoms with van der Waals surface area (Å²) in [5.41, 5.74) is 2.63. The van der Waals surface area contributed by atoms with Crippen molar-refractivity contribution >= 4 is 11.6 Å². The number of benzene rings is 1. The highest BCUT2D eigenvalue weighted by Gasteiger charge is 2.30. The topological polar surface area (TPSA) is 59.4 Å². The van der Waals surface area contributed by atoms with E-state index in [9.17, 15) is 4.79 Å². The number of carbonyl (C=O) groups is 1. The lowest BCUT2D eigenvalue weighted by molar-refractivity contribution is -0.130. The van der Waals surface area contributed by atoms with Crippen LogP contribution in [0.15, 0.2) is 18.2 Å². The van der Waals surface area contributed by atoms with Crippen molar-refractivity contribution in [1.29, 1.82) is 5.26 Å². The number of nitrogens with one attached hydrogen (secondary N) is 1. The normalized spacial score (nSPS) is 18.5. The first kappa shape index (κ1) is 14.4. The lowest BCUT2D eigenvalue weighted by Gasteiger charge is -2.38. The van der Waals surface area contributed by atoms with Crippen LogP contribution in [-0.4, -0.2) is 50.6 Å². The van der Waals surface area contributed by atoms with Crippen molar-refractivity contribution in [3.8, 4) is 6.07 Å². The molecule has 1 amide bonds. The summed E-state index contributed by atoms with van der Waals surface area (Å²) in [6.45, 7) is 4.22. The summed E-state index contributed by atoms with van der Waals surface area (Å²) in [5, 5.41) is 12.3. The van der Waals surface area contributed by atoms with Gasteiger partial charge < -0.3 is 15.1 Å². The number of anilines is 1. The summed E-state index contributed by atoms with van der Waals surface area (Å²) in [6.07, 6.45) is 0. The first-order chi connectivity index (χ1) is 9.54. The number of carbonyl (C=O) groups excluding carboxylic acids is 1. The van der Waals surface area contributed by atoms with Crippen molar-refractivity contribution in [3.05, 3.63) is 29.3 Å². The number of rotatable bonds is 2. The van der Waals surface area contributed by atoms with Gasteiger partial charge in [-0.3, -0.25) is 4.79 Å². The number of likely N-dealkylation sites (N-methyl/N-ethyl adjacent to an activating group) is 1. The molecule has 5 nitrogen and oxygen atoms in total. The molecule has 5 heteroatoms. The number of hydrogen-bond acceptors (Lipinski definition) is 4. The fraction of sp³-hybridized carbons (Fsp3) is 0.467. The van der Waals surface area contributed by atoms with Crippen molar-refractivity contribution in [2.24, 2.45) is 0 Å². The van der Waals surface area contributed by atoms with Crippen LogP contribution in [0.1, 0.15) is 11.1 Å². The van der Waals surface area contributed by atoms with E-state index in [4.69, 9.17) is 5.26 Å². The Bertz CT molecular complexity index is 547. The monoisotopic (exact) mass is 272 g/mol. The molecule has 1 heterocycles. The molecular formula is C15H20N4O. The van der Waals surface area contributed by atoms with Gasteiger partial charge in [-0.1, -0.05) is 0 Å². The zero-order valence-electron chi connectivity index (χ0n) is 12.2. The second kappa shape index (κ2) is 5.93. The zero-order valence-corrected chi connectivity index (χ0v) is 12.2. The van der Waals surface area contributed by atoms with Gasteiger partial charge in [-0.2, -0.15) is 5.26 Å². The van der Waals surface area contributed by atoms with Crippen molar-refractivity contribution < 1.29 is 4.79 Å². The fourth-order valence-corrected chi connectivity index (χ4v) is 2.48. The molecule has 0 spiro atoms. The van der Waals surface area contributed by atoms with E-state index in [-0.39, 0.29) is 11.9 Å². The van der Waals surface area contributed by atoms with E-state index in [1.54, 1.807) is 19.0 Å². The molecule has 1 aromatic carbocycles. The molecule has 1 aromatic rings. The predicted octanol–water partition coefficient (Wildman–Crippen LogP) is 0.733. The first-order valence-corrected chi connectivity index (χ1v) is 6.74. The molecule has 1 aliphatic rings. The van der Waals surface area contributed by atoms with Gasteiger partial charge in [0, 0.05) is 39.4 Å². The van der Waals surface area contributed by atoms with E-state index in [2.05, 4.69) is 16.3 Å². The Morgan fingerprint density at radius 3 is 2.85 bits per heavy atom. The van der Waals surface area contributed by atoms with Crippen LogP contribution in [0.3, 0.4) is 0 Å². The number of aryl methyl sites for hydroxylation is 1. The Morgan fingerprint density at radius 2 is 2.25 bits per heavy atom. The molecule has 0 bridgehead atoms. The predicted molar refractivity (Wildman–Crippen MR) is 78.6 cm³/mol. The third-order valence-corrected chi connectivity index (χ3v) is 3.63. The molecule has 106 valence electrons. The largest absolute Gasteiger partial charge is 0.357 e. The Kier molecular flexibility index (Phi) is 4.26. The number of piperazine rings is 1. The average molecular weight is 272 g/mol. The Morgan fingerprint density at radius 1 is 1.50 bits per heavy atom. The first-order valence-electron chi connectivity index (χ1n) is 6.74. The minimum absolute atomic E-state index is 0.0965. The maximum atomic E-state index is 12.3. The van der Waals surface area contributed by atoms with Crippen LogP contribution in [0.25, 0.3) is 0 Å². The van der Waals surface area contributed by atoms with Gasteiger partial charge >= 0.3 is 0 Å². The van der Waals surface area contributed by atoms with Crippen molar-refractivity contribution in [3.63, 3.8) is 0 Å². The Labute approximate surface area is 119 Å². The molecule has 1 saturated heterocycles. The SMILES string of the molecule is Cc1cc(N2CCNCC2C(=O)N(C)C)ccc1C#N. The van der Waals surface area contributed by atoms with Gasteiger partial charge in [0.05, 0.1) is 11.6 Å². The second-order valence-electron chi connectivity index (χ2n) is 5.26. The lowest BCUT2D eigenvalue weighted by atomic mass is 10.1. The minimum atomic E-state index is -0.189. The van der Waals surface area contributed by atoms with E-state index >= 15 is 0 Å². The van der Waals surface area contributed by atoms with E-state index < -0.39 is 0 Å².